The first kappa shape index (κ1) is 61.7. The molecule has 2 fully saturated rings. The first-order valence-corrected chi connectivity index (χ1v) is 30.0. The molecule has 4 aromatic carbocycles. The summed E-state index contributed by atoms with van der Waals surface area (Å²) in [5.41, 5.74) is 15.4. The SMILES string of the molecule is Cc1ccc(-c2c3nc(c(-c4cccc(C(=O)OCC5COCCOCCOCCOCCO5)c4)c4ccc([nH]4)c(-c4ccc(C)cc4)c4nc(c(-c5cccc(C(=O)OCC6COCCOCCOCCOCCO6)c5)c5ccc2[nH]5)C=C4)C=C3)cc1. The maximum Gasteiger partial charge on any atom is 0.338 e. The lowest BCUT2D eigenvalue weighted by Crippen LogP contribution is -2.29. The van der Waals surface area contributed by atoms with Crippen molar-refractivity contribution in [3.8, 4) is 44.5 Å². The van der Waals surface area contributed by atoms with Crippen molar-refractivity contribution in [3.05, 3.63) is 166 Å². The van der Waals surface area contributed by atoms with Crippen molar-refractivity contribution < 1.29 is 66.4 Å². The van der Waals surface area contributed by atoms with E-state index in [9.17, 15) is 9.59 Å². The molecule has 2 atom stereocenters. The van der Waals surface area contributed by atoms with Gasteiger partial charge in [0.05, 0.1) is 153 Å². The number of fused-ring (bicyclic) bond motifs is 8. The normalized spacial score (nSPS) is 18.1. The number of hydrogen-bond donors (Lipinski definition) is 2. The largest absolute Gasteiger partial charge is 0.459 e. The van der Waals surface area contributed by atoms with Crippen molar-refractivity contribution in [2.75, 3.05) is 132 Å². The monoisotopic (exact) mass is 1190 g/mol. The molecule has 18 nitrogen and oxygen atoms in total. The second kappa shape index (κ2) is 31.3. The molecule has 11 rings (SSSR count). The highest BCUT2D eigenvalue weighted by molar-refractivity contribution is 6.01. The fraction of sp³-hybridized carbons (Fsp3) is 0.343. The van der Waals surface area contributed by atoms with Crippen molar-refractivity contribution in [3.63, 3.8) is 0 Å². The Morgan fingerprint density at radius 3 is 1.03 bits per heavy atom. The van der Waals surface area contributed by atoms with Crippen LogP contribution in [0.25, 0.3) is 90.9 Å². The predicted molar refractivity (Wildman–Crippen MR) is 337 cm³/mol. The molecular weight excluding hydrogens is 1120 g/mol. The van der Waals surface area contributed by atoms with Gasteiger partial charge in [-0.25, -0.2) is 19.6 Å². The maximum atomic E-state index is 14.1. The summed E-state index contributed by atoms with van der Waals surface area (Å²) in [6.07, 6.45) is 7.01. The van der Waals surface area contributed by atoms with Gasteiger partial charge in [-0.2, -0.15) is 0 Å². The number of aryl methyl sites for hydroxylation is 2. The highest BCUT2D eigenvalue weighted by Gasteiger charge is 2.23. The first-order chi connectivity index (χ1) is 43.3. The third-order valence-electron chi connectivity index (χ3n) is 15.0. The number of H-pyrrole nitrogens is 2. The topological polar surface area (TPSA) is 202 Å². The van der Waals surface area contributed by atoms with Gasteiger partial charge in [-0.1, -0.05) is 83.9 Å². The lowest BCUT2D eigenvalue weighted by Gasteiger charge is -2.18. The molecular formula is C70H74N4O14. The second-order valence-corrected chi connectivity index (χ2v) is 21.4. The number of aromatic amines is 2. The summed E-state index contributed by atoms with van der Waals surface area (Å²) < 4.78 is 69.5. The van der Waals surface area contributed by atoms with Gasteiger partial charge in [-0.15, -0.1) is 0 Å². The van der Waals surface area contributed by atoms with Crippen LogP contribution in [0.5, 0.6) is 0 Å². The Labute approximate surface area is 511 Å². The van der Waals surface area contributed by atoms with E-state index in [0.717, 1.165) is 77.7 Å². The molecule has 7 heterocycles. The van der Waals surface area contributed by atoms with Crippen molar-refractivity contribution in [2.45, 2.75) is 26.1 Å². The maximum absolute atomic E-state index is 14.1. The van der Waals surface area contributed by atoms with Gasteiger partial charge in [0.15, 0.2) is 0 Å². The second-order valence-electron chi connectivity index (χ2n) is 21.4. The average molecular weight is 1200 g/mol. The van der Waals surface area contributed by atoms with Gasteiger partial charge in [-0.3, -0.25) is 0 Å². The number of benzene rings is 4. The lowest BCUT2D eigenvalue weighted by molar-refractivity contribution is -0.0689. The Balaban J connectivity index is 0.990. The number of ether oxygens (including phenoxy) is 12. The van der Waals surface area contributed by atoms with Crippen LogP contribution >= 0.6 is 0 Å². The summed E-state index contributed by atoms with van der Waals surface area (Å²) in [4.78, 5) is 46.8. The average Bonchev–Trinajstić information content (AvgIpc) is 3.51. The van der Waals surface area contributed by atoms with E-state index in [2.05, 4.69) is 84.5 Å². The van der Waals surface area contributed by atoms with E-state index in [1.165, 1.54) is 0 Å². The summed E-state index contributed by atoms with van der Waals surface area (Å²) in [5.74, 6) is -1.03. The van der Waals surface area contributed by atoms with Crippen molar-refractivity contribution in [2.24, 2.45) is 0 Å². The van der Waals surface area contributed by atoms with E-state index < -0.39 is 24.1 Å². The highest BCUT2D eigenvalue weighted by atomic mass is 16.6. The minimum Gasteiger partial charge on any atom is -0.459 e. The van der Waals surface area contributed by atoms with E-state index in [0.29, 0.717) is 126 Å². The summed E-state index contributed by atoms with van der Waals surface area (Å²) in [5, 5.41) is 0. The van der Waals surface area contributed by atoms with Crippen molar-refractivity contribution in [1.29, 1.82) is 0 Å². The molecule has 0 radical (unpaired) electrons. The molecule has 88 heavy (non-hydrogen) atoms. The van der Waals surface area contributed by atoms with E-state index in [4.69, 9.17) is 66.8 Å². The number of esters is 2. The van der Waals surface area contributed by atoms with Crippen LogP contribution in [0.3, 0.4) is 0 Å². The number of nitrogens with zero attached hydrogens (tertiary/aromatic N) is 2. The fourth-order valence-electron chi connectivity index (χ4n) is 10.6. The van der Waals surface area contributed by atoms with Crippen LogP contribution in [0.15, 0.2) is 121 Å². The number of carbonyl (C=O) groups is 2. The minimum absolute atomic E-state index is 0.0380. The van der Waals surface area contributed by atoms with E-state index in [-0.39, 0.29) is 39.6 Å². The Morgan fingerprint density at radius 1 is 0.386 bits per heavy atom. The number of aromatic nitrogens is 4. The standard InChI is InChI=1S/C70H74N4O14/c1-47-9-13-49(14-10-47)65-57-17-21-61(71-57)67(51-5-3-7-53(41-51)69(75)87-45-55-43-83-35-33-79-27-25-77-29-31-81-37-39-85-55)63-23-19-59(73-63)66(50-15-11-48(2)12-16-50)60-20-24-64(74-60)68(62-22-18-58(65)72-62)52-6-4-8-54(42-52)70(76)88-46-56-44-84-36-34-80-28-26-78-30-32-82-38-40-86-56/h3-24,41-42,55-56,71,74H,25-40,43-46H2,1-2H3. The van der Waals surface area contributed by atoms with Crippen molar-refractivity contribution >= 4 is 58.3 Å². The molecule has 4 aliphatic heterocycles. The molecule has 458 valence electrons. The molecule has 2 N–H and O–H groups in total. The number of carbonyl (C=O) groups excluding carboxylic acids is 2. The highest BCUT2D eigenvalue weighted by Crippen LogP contribution is 2.39. The van der Waals surface area contributed by atoms with Crippen LogP contribution < -0.4 is 0 Å². The van der Waals surface area contributed by atoms with E-state index >= 15 is 0 Å². The van der Waals surface area contributed by atoms with Gasteiger partial charge in [0.2, 0.25) is 0 Å². The quantitative estimate of drug-likeness (QED) is 0.122. The zero-order valence-corrected chi connectivity index (χ0v) is 49.8. The third kappa shape index (κ3) is 16.4. The van der Waals surface area contributed by atoms with Gasteiger partial charge in [0.25, 0.3) is 0 Å². The molecule has 18 heteroatoms. The van der Waals surface area contributed by atoms with Gasteiger partial charge in [-0.05, 0) is 109 Å². The zero-order chi connectivity index (χ0) is 60.3. The van der Waals surface area contributed by atoms with Crippen LogP contribution in [-0.2, 0) is 56.8 Å². The molecule has 2 unspecified atom stereocenters. The van der Waals surface area contributed by atoms with Crippen LogP contribution in [0.1, 0.15) is 54.6 Å². The molecule has 4 aliphatic rings. The molecule has 2 saturated heterocycles. The van der Waals surface area contributed by atoms with Gasteiger partial charge in [0, 0.05) is 44.3 Å². The molecule has 0 saturated carbocycles. The summed E-state index contributed by atoms with van der Waals surface area (Å²) in [7, 11) is 0. The van der Waals surface area contributed by atoms with Gasteiger partial charge >= 0.3 is 11.9 Å². The number of nitrogens with one attached hydrogen (secondary N) is 2. The van der Waals surface area contributed by atoms with Gasteiger partial charge < -0.3 is 66.8 Å². The van der Waals surface area contributed by atoms with Crippen LogP contribution in [0.4, 0.5) is 0 Å². The minimum atomic E-state index is -0.537. The Morgan fingerprint density at radius 2 is 0.693 bits per heavy atom. The van der Waals surface area contributed by atoms with E-state index in [1.54, 1.807) is 12.1 Å². The molecule has 8 bridgehead atoms. The number of hydrogen-bond acceptors (Lipinski definition) is 16. The van der Waals surface area contributed by atoms with Crippen LogP contribution in [0, 0.1) is 13.8 Å². The first-order valence-electron chi connectivity index (χ1n) is 30.0. The Hall–Kier alpha value is -7.98. The number of rotatable bonds is 10. The zero-order valence-electron chi connectivity index (χ0n) is 49.8. The summed E-state index contributed by atoms with van der Waals surface area (Å²) >= 11 is 0. The fourth-order valence-corrected chi connectivity index (χ4v) is 10.6. The van der Waals surface area contributed by atoms with Crippen LogP contribution in [-0.4, -0.2) is 176 Å². The Bertz CT molecular complexity index is 3450. The predicted octanol–water partition coefficient (Wildman–Crippen LogP) is 11.2. The summed E-state index contributed by atoms with van der Waals surface area (Å²) in [6.45, 7) is 10.9. The molecule has 3 aromatic heterocycles. The molecule has 0 amide bonds. The van der Waals surface area contributed by atoms with Gasteiger partial charge in [0.1, 0.15) is 25.4 Å². The smallest absolute Gasteiger partial charge is 0.338 e. The molecule has 0 spiro atoms. The van der Waals surface area contributed by atoms with Crippen molar-refractivity contribution in [1.82, 2.24) is 19.9 Å². The molecule has 0 aliphatic carbocycles. The Kier molecular flexibility index (Phi) is 21.9. The lowest BCUT2D eigenvalue weighted by atomic mass is 10.0. The summed E-state index contributed by atoms with van der Waals surface area (Å²) in [6, 6.07) is 39.8. The molecule has 7 aromatic rings. The van der Waals surface area contributed by atoms with E-state index in [1.807, 2.05) is 72.8 Å². The van der Waals surface area contributed by atoms with Crippen LogP contribution in [0.2, 0.25) is 0 Å². The third-order valence-corrected chi connectivity index (χ3v) is 15.0.